The molecule has 3 aromatic rings. The molecule has 218 valence electrons. The van der Waals surface area contributed by atoms with Crippen molar-refractivity contribution in [1.29, 1.82) is 0 Å². The predicted octanol–water partition coefficient (Wildman–Crippen LogP) is 5.54. The van der Waals surface area contributed by atoms with E-state index in [0.29, 0.717) is 50.3 Å². The second-order valence-corrected chi connectivity index (χ2v) is 11.1. The monoisotopic (exact) mass is 593 g/mol. The van der Waals surface area contributed by atoms with Crippen molar-refractivity contribution in [1.82, 2.24) is 15.3 Å². The summed E-state index contributed by atoms with van der Waals surface area (Å²) in [4.78, 5) is 21.4. The third-order valence-electron chi connectivity index (χ3n) is 7.83. The smallest absolute Gasteiger partial charge is 0.429 e. The summed E-state index contributed by atoms with van der Waals surface area (Å²) in [6.45, 7) is 3.15. The Labute approximate surface area is 238 Å². The molecule has 2 saturated heterocycles. The number of carboxylic acids is 1. The Morgan fingerprint density at radius 2 is 1.93 bits per heavy atom. The Morgan fingerprint density at radius 3 is 2.56 bits per heavy atom. The molecule has 2 atom stereocenters. The zero-order valence-corrected chi connectivity index (χ0v) is 22.8. The normalized spacial score (nSPS) is 19.4. The van der Waals surface area contributed by atoms with Crippen molar-refractivity contribution in [3.05, 3.63) is 64.4 Å². The van der Waals surface area contributed by atoms with E-state index in [-0.39, 0.29) is 39.0 Å². The van der Waals surface area contributed by atoms with Crippen LogP contribution in [0, 0.1) is 18.2 Å². The summed E-state index contributed by atoms with van der Waals surface area (Å²) >= 11 is 6.12. The first kappa shape index (κ1) is 28.9. The Kier molecular flexibility index (Phi) is 7.73. The average molecular weight is 594 g/mol. The number of anilines is 2. The zero-order chi connectivity index (χ0) is 29.5. The molecule has 4 N–H and O–H groups in total. The van der Waals surface area contributed by atoms with Gasteiger partial charge in [0.05, 0.1) is 0 Å². The molecular formula is C28H28ClF4N5O3. The van der Waals surface area contributed by atoms with E-state index >= 15 is 0 Å². The van der Waals surface area contributed by atoms with Crippen molar-refractivity contribution < 1.29 is 32.2 Å². The van der Waals surface area contributed by atoms with Crippen LogP contribution in [0.5, 0.6) is 5.88 Å². The van der Waals surface area contributed by atoms with Gasteiger partial charge in [0.25, 0.3) is 0 Å². The molecule has 0 saturated carbocycles. The molecule has 1 spiro atoms. The molecule has 41 heavy (non-hydrogen) atoms. The van der Waals surface area contributed by atoms with E-state index in [4.69, 9.17) is 22.1 Å². The maximum absolute atomic E-state index is 14.5. The van der Waals surface area contributed by atoms with Crippen molar-refractivity contribution in [3.63, 3.8) is 0 Å². The minimum Gasteiger partial charge on any atom is -0.480 e. The lowest BCUT2D eigenvalue weighted by Crippen LogP contribution is -2.41. The molecule has 2 aliphatic rings. The lowest BCUT2D eigenvalue weighted by molar-refractivity contribution is -0.198. The highest BCUT2D eigenvalue weighted by Crippen LogP contribution is 2.43. The standard InChI is InChI=1S/C28H28ClF4N5O3/c1-15-2-3-16(10-20(15)30)19-11-17(29)4-5-18(19)24(28(31,32)33)41-23-12-22(36-26(34)37-23)38-8-6-27(7-9-38)13-21(25(39)40)35-14-27/h2-5,10-12,21,24,35H,6-9,13-14H2,1H3,(H,39,40)(H2,34,36,37). The molecule has 8 nitrogen and oxygen atoms in total. The molecule has 0 bridgehead atoms. The fourth-order valence-corrected chi connectivity index (χ4v) is 5.70. The highest BCUT2D eigenvalue weighted by atomic mass is 35.5. The van der Waals surface area contributed by atoms with Crippen LogP contribution in [0.25, 0.3) is 11.1 Å². The SMILES string of the molecule is Cc1ccc(-c2cc(Cl)ccc2C(Oc2cc(N3CCC4(CC3)CNC(C(=O)O)C4)nc(N)n2)C(F)(F)F)cc1F. The van der Waals surface area contributed by atoms with E-state index in [0.717, 1.165) is 6.07 Å². The second-order valence-electron chi connectivity index (χ2n) is 10.6. The van der Waals surface area contributed by atoms with Gasteiger partial charge in [-0.05, 0) is 66.5 Å². The Bertz CT molecular complexity index is 1460. The zero-order valence-electron chi connectivity index (χ0n) is 22.0. The van der Waals surface area contributed by atoms with E-state index in [1.54, 1.807) is 6.92 Å². The number of rotatable bonds is 6. The van der Waals surface area contributed by atoms with E-state index in [9.17, 15) is 27.5 Å². The van der Waals surface area contributed by atoms with Gasteiger partial charge < -0.3 is 25.8 Å². The van der Waals surface area contributed by atoms with E-state index in [1.165, 1.54) is 36.4 Å². The minimum atomic E-state index is -4.88. The number of carboxylic acid groups (broad SMARTS) is 1. The average Bonchev–Trinajstić information content (AvgIpc) is 3.32. The number of aryl methyl sites for hydroxylation is 1. The number of hydrogen-bond donors (Lipinski definition) is 3. The number of nitrogens with two attached hydrogens (primary N) is 1. The van der Waals surface area contributed by atoms with E-state index in [2.05, 4.69) is 15.3 Å². The van der Waals surface area contributed by atoms with Crippen molar-refractivity contribution in [2.24, 2.45) is 5.41 Å². The number of carbonyl (C=O) groups is 1. The molecule has 2 fully saturated rings. The van der Waals surface area contributed by atoms with E-state index < -0.39 is 30.1 Å². The van der Waals surface area contributed by atoms with Crippen LogP contribution in [0.3, 0.4) is 0 Å². The first-order valence-electron chi connectivity index (χ1n) is 13.0. The molecule has 2 aromatic carbocycles. The number of hydrogen-bond acceptors (Lipinski definition) is 7. The fourth-order valence-electron chi connectivity index (χ4n) is 5.53. The molecule has 0 radical (unpaired) electrons. The van der Waals surface area contributed by atoms with Gasteiger partial charge in [0.15, 0.2) is 0 Å². The van der Waals surface area contributed by atoms with Crippen LogP contribution >= 0.6 is 11.6 Å². The molecule has 2 aliphatic heterocycles. The van der Waals surface area contributed by atoms with Crippen LogP contribution in [0.1, 0.15) is 36.5 Å². The van der Waals surface area contributed by atoms with Crippen LogP contribution in [0.4, 0.5) is 29.3 Å². The number of piperidine rings is 1. The minimum absolute atomic E-state index is 0.0622. The third kappa shape index (κ3) is 6.18. The largest absolute Gasteiger partial charge is 0.480 e. The molecule has 1 aromatic heterocycles. The van der Waals surface area contributed by atoms with Gasteiger partial charge in [-0.15, -0.1) is 0 Å². The van der Waals surface area contributed by atoms with Gasteiger partial charge in [0.1, 0.15) is 17.7 Å². The third-order valence-corrected chi connectivity index (χ3v) is 8.06. The molecule has 13 heteroatoms. The topological polar surface area (TPSA) is 114 Å². The summed E-state index contributed by atoms with van der Waals surface area (Å²) in [7, 11) is 0. The number of nitrogens with zero attached hydrogens (tertiary/aromatic N) is 3. The van der Waals surface area contributed by atoms with Gasteiger partial charge in [0.2, 0.25) is 17.9 Å². The van der Waals surface area contributed by atoms with Crippen molar-refractivity contribution >= 4 is 29.3 Å². The van der Waals surface area contributed by atoms with Gasteiger partial charge >= 0.3 is 12.1 Å². The van der Waals surface area contributed by atoms with Crippen LogP contribution < -0.4 is 20.7 Å². The van der Waals surface area contributed by atoms with Gasteiger partial charge in [-0.3, -0.25) is 4.79 Å². The molecule has 0 aliphatic carbocycles. The second kappa shape index (κ2) is 11.0. The first-order valence-corrected chi connectivity index (χ1v) is 13.4. The number of benzene rings is 2. The summed E-state index contributed by atoms with van der Waals surface area (Å²) in [6, 6.07) is 8.70. The van der Waals surface area contributed by atoms with Gasteiger partial charge in [-0.2, -0.15) is 23.1 Å². The van der Waals surface area contributed by atoms with Crippen molar-refractivity contribution in [2.75, 3.05) is 30.3 Å². The number of alkyl halides is 3. The quantitative estimate of drug-likeness (QED) is 0.319. The van der Waals surface area contributed by atoms with Gasteiger partial charge in [-0.25, -0.2) is 4.39 Å². The summed E-state index contributed by atoms with van der Waals surface area (Å²) < 4.78 is 63.3. The lowest BCUT2D eigenvalue weighted by Gasteiger charge is -2.39. The highest BCUT2D eigenvalue weighted by molar-refractivity contribution is 6.30. The number of ether oxygens (including phenoxy) is 1. The van der Waals surface area contributed by atoms with Gasteiger partial charge in [0, 0.05) is 36.3 Å². The first-order chi connectivity index (χ1) is 19.3. The number of aromatic nitrogens is 2. The highest BCUT2D eigenvalue weighted by Gasteiger charge is 2.46. The number of nitrogens with one attached hydrogen (secondary N) is 1. The number of nitrogen functional groups attached to an aromatic ring is 1. The lowest BCUT2D eigenvalue weighted by atomic mass is 9.76. The summed E-state index contributed by atoms with van der Waals surface area (Å²) in [6.07, 6.45) is -5.48. The Hall–Kier alpha value is -3.64. The number of halogens is 5. The maximum atomic E-state index is 14.5. The van der Waals surface area contributed by atoms with Gasteiger partial charge in [-0.1, -0.05) is 29.8 Å². The fraction of sp³-hybridized carbons (Fsp3) is 0.393. The molecule has 5 rings (SSSR count). The molecule has 0 amide bonds. The Balaban J connectivity index is 1.42. The van der Waals surface area contributed by atoms with Crippen LogP contribution in [0.15, 0.2) is 42.5 Å². The summed E-state index contributed by atoms with van der Waals surface area (Å²) in [5.74, 6) is -1.78. The molecule has 3 heterocycles. The summed E-state index contributed by atoms with van der Waals surface area (Å²) in [5.41, 5.74) is 6.06. The van der Waals surface area contributed by atoms with E-state index in [1.807, 2.05) is 4.90 Å². The predicted molar refractivity (Wildman–Crippen MR) is 145 cm³/mol. The van der Waals surface area contributed by atoms with Crippen molar-refractivity contribution in [2.45, 2.75) is 44.5 Å². The van der Waals surface area contributed by atoms with Crippen LogP contribution in [0.2, 0.25) is 5.02 Å². The van der Waals surface area contributed by atoms with Crippen LogP contribution in [-0.2, 0) is 4.79 Å². The Morgan fingerprint density at radius 1 is 1.20 bits per heavy atom. The maximum Gasteiger partial charge on any atom is 0.429 e. The number of aliphatic carboxylic acids is 1. The molecule has 2 unspecified atom stereocenters. The molecular weight excluding hydrogens is 566 g/mol. The van der Waals surface area contributed by atoms with Crippen molar-refractivity contribution in [3.8, 4) is 17.0 Å². The van der Waals surface area contributed by atoms with Crippen LogP contribution in [-0.4, -0.2) is 52.9 Å². The summed E-state index contributed by atoms with van der Waals surface area (Å²) in [5, 5.41) is 12.5.